The molecule has 1 aromatic rings. The van der Waals surface area contributed by atoms with E-state index in [1.54, 1.807) is 0 Å². The molecule has 1 aliphatic rings. The molecule has 1 N–H and O–H groups in total. The van der Waals surface area contributed by atoms with Gasteiger partial charge >= 0.3 is 0 Å². The maximum Gasteiger partial charge on any atom is 0.225 e. The number of nitrogens with one attached hydrogen (secondary N) is 1. The number of aryl methyl sites for hydroxylation is 1. The van der Waals surface area contributed by atoms with Gasteiger partial charge in [-0.15, -0.1) is 0 Å². The van der Waals surface area contributed by atoms with Crippen molar-refractivity contribution in [1.29, 1.82) is 0 Å². The van der Waals surface area contributed by atoms with Gasteiger partial charge in [0.1, 0.15) is 0 Å². The van der Waals surface area contributed by atoms with Crippen LogP contribution in [0, 0.1) is 0 Å². The zero-order valence-electron chi connectivity index (χ0n) is 11.7. The van der Waals surface area contributed by atoms with E-state index in [1.165, 1.54) is 31.2 Å². The molecule has 1 saturated carbocycles. The molecule has 0 amide bonds. The zero-order valence-corrected chi connectivity index (χ0v) is 11.7. The third-order valence-electron chi connectivity index (χ3n) is 4.07. The monoisotopic (exact) mass is 248 g/mol. The second-order valence-corrected chi connectivity index (χ2v) is 5.15. The van der Waals surface area contributed by atoms with E-state index in [-0.39, 0.29) is 0 Å². The predicted molar refractivity (Wildman–Crippen MR) is 74.9 cm³/mol. The maximum atomic E-state index is 4.46. The van der Waals surface area contributed by atoms with E-state index in [0.717, 1.165) is 12.4 Å². The van der Waals surface area contributed by atoms with Gasteiger partial charge in [-0.1, -0.05) is 6.92 Å². The van der Waals surface area contributed by atoms with Crippen LogP contribution in [0.4, 0.5) is 5.95 Å². The highest BCUT2D eigenvalue weighted by molar-refractivity contribution is 5.30. The lowest BCUT2D eigenvalue weighted by molar-refractivity contribution is 0.349. The summed E-state index contributed by atoms with van der Waals surface area (Å²) in [7, 11) is 4.17. The molecule has 0 saturated heterocycles. The van der Waals surface area contributed by atoms with Crippen LogP contribution in [0.3, 0.4) is 0 Å². The molecule has 0 atom stereocenters. The van der Waals surface area contributed by atoms with Gasteiger partial charge in [0, 0.05) is 31.5 Å². The minimum atomic E-state index is 0.585. The molecule has 0 aromatic carbocycles. The summed E-state index contributed by atoms with van der Waals surface area (Å²) in [5, 5.41) is 3.37. The lowest BCUT2D eigenvalue weighted by Gasteiger charge is -2.34. The molecule has 4 heteroatoms. The van der Waals surface area contributed by atoms with Crippen LogP contribution in [0.5, 0.6) is 0 Å². The Bertz CT molecular complexity index is 355. The van der Waals surface area contributed by atoms with E-state index in [1.807, 2.05) is 12.4 Å². The van der Waals surface area contributed by atoms with E-state index in [9.17, 15) is 0 Å². The first kappa shape index (κ1) is 13.3. The Kier molecular flexibility index (Phi) is 4.53. The van der Waals surface area contributed by atoms with Gasteiger partial charge in [-0.2, -0.15) is 0 Å². The average Bonchev–Trinajstić information content (AvgIpc) is 2.47. The first-order valence-corrected chi connectivity index (χ1v) is 6.95. The van der Waals surface area contributed by atoms with Crippen molar-refractivity contribution < 1.29 is 0 Å². The average molecular weight is 248 g/mol. The molecule has 0 spiro atoms. The van der Waals surface area contributed by atoms with Gasteiger partial charge in [0.05, 0.1) is 0 Å². The van der Waals surface area contributed by atoms with Crippen molar-refractivity contribution in [2.24, 2.45) is 0 Å². The Labute approximate surface area is 110 Å². The first-order chi connectivity index (χ1) is 8.74. The number of hydrogen-bond donors (Lipinski definition) is 1. The Hall–Kier alpha value is -1.16. The Morgan fingerprint density at radius 3 is 2.33 bits per heavy atom. The molecule has 18 heavy (non-hydrogen) atoms. The molecule has 100 valence electrons. The Balaban J connectivity index is 1.96. The first-order valence-electron chi connectivity index (χ1n) is 6.95. The number of aromatic nitrogens is 2. The van der Waals surface area contributed by atoms with Gasteiger partial charge in [0.15, 0.2) is 0 Å². The van der Waals surface area contributed by atoms with Crippen LogP contribution in [0.1, 0.15) is 38.2 Å². The third-order valence-corrected chi connectivity index (χ3v) is 4.07. The van der Waals surface area contributed by atoms with E-state index >= 15 is 0 Å². The number of nitrogens with zero attached hydrogens (tertiary/aromatic N) is 3. The van der Waals surface area contributed by atoms with E-state index in [2.05, 4.69) is 41.2 Å². The molecule has 0 unspecified atom stereocenters. The molecule has 1 aromatic heterocycles. The van der Waals surface area contributed by atoms with Crippen molar-refractivity contribution in [1.82, 2.24) is 15.3 Å². The van der Waals surface area contributed by atoms with Crippen molar-refractivity contribution in [3.05, 3.63) is 18.0 Å². The highest BCUT2D eigenvalue weighted by Gasteiger charge is 2.24. The normalized spacial score (nSPS) is 23.9. The van der Waals surface area contributed by atoms with Gasteiger partial charge in [0.2, 0.25) is 5.95 Å². The molecule has 2 rings (SSSR count). The van der Waals surface area contributed by atoms with Crippen molar-refractivity contribution >= 4 is 5.95 Å². The molecule has 0 aliphatic heterocycles. The second kappa shape index (κ2) is 6.14. The standard InChI is InChI=1S/C14H24N4/c1-4-11-9-16-14(17-10-11)18(3)13-7-5-12(15-2)6-8-13/h9-10,12-13,15H,4-8H2,1-3H3. The van der Waals surface area contributed by atoms with Crippen LogP contribution in [0.25, 0.3) is 0 Å². The van der Waals surface area contributed by atoms with Crippen LogP contribution in [-0.4, -0.2) is 36.1 Å². The topological polar surface area (TPSA) is 41.1 Å². The summed E-state index contributed by atoms with van der Waals surface area (Å²) in [6, 6.07) is 1.28. The van der Waals surface area contributed by atoms with Crippen LogP contribution >= 0.6 is 0 Å². The molecular weight excluding hydrogens is 224 g/mol. The largest absolute Gasteiger partial charge is 0.341 e. The van der Waals surface area contributed by atoms with Gasteiger partial charge < -0.3 is 10.2 Å². The summed E-state index contributed by atoms with van der Waals surface area (Å²) >= 11 is 0. The fraction of sp³-hybridized carbons (Fsp3) is 0.714. The van der Waals surface area contributed by atoms with Crippen LogP contribution in [0.15, 0.2) is 12.4 Å². The summed E-state index contributed by atoms with van der Waals surface area (Å²) in [4.78, 5) is 11.2. The highest BCUT2D eigenvalue weighted by atomic mass is 15.2. The molecule has 0 bridgehead atoms. The minimum Gasteiger partial charge on any atom is -0.341 e. The lowest BCUT2D eigenvalue weighted by atomic mass is 9.90. The quantitative estimate of drug-likeness (QED) is 0.885. The summed E-state index contributed by atoms with van der Waals surface area (Å²) in [5.74, 6) is 0.861. The zero-order chi connectivity index (χ0) is 13.0. The van der Waals surface area contributed by atoms with Gasteiger partial charge in [-0.3, -0.25) is 0 Å². The Morgan fingerprint density at radius 1 is 1.22 bits per heavy atom. The molecule has 1 heterocycles. The van der Waals surface area contributed by atoms with Gasteiger partial charge in [0.25, 0.3) is 0 Å². The summed E-state index contributed by atoms with van der Waals surface area (Å²) < 4.78 is 0. The Morgan fingerprint density at radius 2 is 1.83 bits per heavy atom. The summed E-state index contributed by atoms with van der Waals surface area (Å²) in [5.41, 5.74) is 1.20. The second-order valence-electron chi connectivity index (χ2n) is 5.15. The maximum absolute atomic E-state index is 4.46. The van der Waals surface area contributed by atoms with Crippen molar-refractivity contribution in [3.8, 4) is 0 Å². The van der Waals surface area contributed by atoms with Gasteiger partial charge in [-0.05, 0) is 44.7 Å². The number of hydrogen-bond acceptors (Lipinski definition) is 4. The minimum absolute atomic E-state index is 0.585. The van der Waals surface area contributed by atoms with Crippen molar-refractivity contribution in [2.75, 3.05) is 19.0 Å². The molecule has 1 fully saturated rings. The molecule has 4 nitrogen and oxygen atoms in total. The molecule has 0 radical (unpaired) electrons. The van der Waals surface area contributed by atoms with Crippen LogP contribution in [-0.2, 0) is 6.42 Å². The molecular formula is C14H24N4. The van der Waals surface area contributed by atoms with Crippen LogP contribution < -0.4 is 10.2 Å². The SMILES string of the molecule is CCc1cnc(N(C)C2CCC(NC)CC2)nc1. The van der Waals surface area contributed by atoms with Crippen molar-refractivity contribution in [2.45, 2.75) is 51.1 Å². The summed E-state index contributed by atoms with van der Waals surface area (Å²) in [6.07, 6.45) is 9.83. The summed E-state index contributed by atoms with van der Waals surface area (Å²) in [6.45, 7) is 2.13. The van der Waals surface area contributed by atoms with Gasteiger partial charge in [-0.25, -0.2) is 9.97 Å². The van der Waals surface area contributed by atoms with E-state index in [0.29, 0.717) is 12.1 Å². The predicted octanol–water partition coefficient (Wildman–Crippen LogP) is 2.01. The lowest BCUT2D eigenvalue weighted by Crippen LogP contribution is -2.40. The fourth-order valence-corrected chi connectivity index (χ4v) is 2.63. The number of anilines is 1. The smallest absolute Gasteiger partial charge is 0.225 e. The van der Waals surface area contributed by atoms with Crippen molar-refractivity contribution in [3.63, 3.8) is 0 Å². The number of rotatable bonds is 4. The van der Waals surface area contributed by atoms with E-state index < -0.39 is 0 Å². The van der Waals surface area contributed by atoms with Crippen LogP contribution in [0.2, 0.25) is 0 Å². The third kappa shape index (κ3) is 2.99. The highest BCUT2D eigenvalue weighted by Crippen LogP contribution is 2.24. The molecule has 1 aliphatic carbocycles. The fourth-order valence-electron chi connectivity index (χ4n) is 2.63. The van der Waals surface area contributed by atoms with E-state index in [4.69, 9.17) is 0 Å².